The molecule has 0 spiro atoms. The summed E-state index contributed by atoms with van der Waals surface area (Å²) in [5.41, 5.74) is 3.34. The molecule has 47 heavy (non-hydrogen) atoms. The van der Waals surface area contributed by atoms with E-state index in [0.717, 1.165) is 22.3 Å². The van der Waals surface area contributed by atoms with Gasteiger partial charge in [-0.1, -0.05) is 11.3 Å². The molecule has 242 valence electrons. The highest BCUT2D eigenvalue weighted by molar-refractivity contribution is 5.92. The lowest BCUT2D eigenvalue weighted by Crippen LogP contribution is -2.43. The third kappa shape index (κ3) is 4.78. The Kier molecular flexibility index (Phi) is 6.92. The number of aromatic nitrogens is 3. The highest BCUT2D eigenvalue weighted by atomic mass is 16.7. The summed E-state index contributed by atoms with van der Waals surface area (Å²) in [6.07, 6.45) is 1.58. The molecule has 0 bridgehead atoms. The second-order valence-electron chi connectivity index (χ2n) is 11.5. The Hall–Kier alpha value is -5.66. The van der Waals surface area contributed by atoms with Gasteiger partial charge in [-0.05, 0) is 58.7 Å². The van der Waals surface area contributed by atoms with Crippen LogP contribution in [0.3, 0.4) is 0 Å². The van der Waals surface area contributed by atoms with Crippen LogP contribution >= 0.6 is 0 Å². The summed E-state index contributed by atoms with van der Waals surface area (Å²) in [6, 6.07) is 12.4. The lowest BCUT2D eigenvalue weighted by Gasteiger charge is -2.39. The van der Waals surface area contributed by atoms with Crippen molar-refractivity contribution in [1.82, 2.24) is 20.3 Å². The number of esters is 1. The molecular weight excluding hydrogens is 612 g/mol. The Bertz CT molecular complexity index is 1880. The van der Waals surface area contributed by atoms with Crippen molar-refractivity contribution in [2.75, 3.05) is 41.5 Å². The zero-order valence-corrected chi connectivity index (χ0v) is 25.7. The van der Waals surface area contributed by atoms with Crippen LogP contribution in [-0.4, -0.2) is 68.4 Å². The van der Waals surface area contributed by atoms with Gasteiger partial charge < -0.3 is 43.2 Å². The van der Waals surface area contributed by atoms with Crippen LogP contribution in [0.2, 0.25) is 0 Å². The number of hydrogen-bond donors (Lipinski definition) is 1. The molecule has 0 unspecified atom stereocenters. The minimum absolute atomic E-state index is 0.0610. The number of cyclic esters (lactones) is 1. The number of rotatable bonds is 8. The largest absolute Gasteiger partial charge is 0.493 e. The second kappa shape index (κ2) is 11.3. The Labute approximate surface area is 268 Å². The van der Waals surface area contributed by atoms with E-state index in [-0.39, 0.29) is 31.9 Å². The number of nitrogens with zero attached hydrogens (tertiary/aromatic N) is 3. The normalized spacial score (nSPS) is 21.5. The molecule has 4 aliphatic rings. The molecule has 14 nitrogen and oxygen atoms in total. The summed E-state index contributed by atoms with van der Waals surface area (Å²) in [5.74, 6) is 1.42. The zero-order valence-electron chi connectivity index (χ0n) is 25.7. The van der Waals surface area contributed by atoms with Crippen LogP contribution in [0.25, 0.3) is 0 Å². The summed E-state index contributed by atoms with van der Waals surface area (Å²) in [6.45, 7) is 0.724. The van der Waals surface area contributed by atoms with Crippen LogP contribution in [0.4, 0.5) is 0 Å². The van der Waals surface area contributed by atoms with E-state index in [0.29, 0.717) is 46.8 Å². The summed E-state index contributed by atoms with van der Waals surface area (Å²) in [7, 11) is 4.61. The molecule has 1 saturated heterocycles. The van der Waals surface area contributed by atoms with Gasteiger partial charge in [-0.3, -0.25) is 9.59 Å². The number of carbonyl (C=O) groups is 2. The van der Waals surface area contributed by atoms with Crippen molar-refractivity contribution in [3.63, 3.8) is 0 Å². The molecule has 1 amide bonds. The Balaban J connectivity index is 1.15. The van der Waals surface area contributed by atoms with Gasteiger partial charge in [0.2, 0.25) is 19.3 Å². The van der Waals surface area contributed by atoms with E-state index in [9.17, 15) is 9.59 Å². The quantitative estimate of drug-likeness (QED) is 0.281. The van der Waals surface area contributed by atoms with E-state index in [4.69, 9.17) is 37.9 Å². The van der Waals surface area contributed by atoms with Crippen LogP contribution in [0.1, 0.15) is 44.7 Å². The first-order valence-electron chi connectivity index (χ1n) is 14.9. The van der Waals surface area contributed by atoms with Gasteiger partial charge in [0, 0.05) is 11.8 Å². The maximum Gasteiger partial charge on any atom is 0.310 e. The first-order valence-corrected chi connectivity index (χ1v) is 14.9. The van der Waals surface area contributed by atoms with Crippen LogP contribution in [0.5, 0.6) is 40.2 Å². The van der Waals surface area contributed by atoms with E-state index in [2.05, 4.69) is 15.6 Å². The molecule has 4 atom stereocenters. The van der Waals surface area contributed by atoms with Gasteiger partial charge in [0.05, 0.1) is 52.6 Å². The Morgan fingerprint density at radius 3 is 2.26 bits per heavy atom. The van der Waals surface area contributed by atoms with Gasteiger partial charge in [-0.15, -0.1) is 5.10 Å². The van der Waals surface area contributed by atoms with E-state index >= 15 is 0 Å². The van der Waals surface area contributed by atoms with Crippen LogP contribution in [0.15, 0.2) is 48.7 Å². The van der Waals surface area contributed by atoms with Gasteiger partial charge in [0.25, 0.3) is 5.91 Å². The molecule has 4 heterocycles. The Morgan fingerprint density at radius 2 is 1.55 bits per heavy atom. The molecule has 1 fully saturated rings. The van der Waals surface area contributed by atoms with E-state index in [1.807, 2.05) is 42.5 Å². The number of methoxy groups -OCH3 is 3. The summed E-state index contributed by atoms with van der Waals surface area (Å²) in [4.78, 5) is 27.2. The number of hydrogen-bond acceptors (Lipinski definition) is 12. The molecule has 14 heteroatoms. The number of carbonyl (C=O) groups excluding carboxylic acids is 2. The minimum atomic E-state index is -0.641. The molecule has 1 aromatic heterocycles. The van der Waals surface area contributed by atoms with E-state index in [1.165, 1.54) is 21.3 Å². The van der Waals surface area contributed by atoms with Crippen molar-refractivity contribution in [2.24, 2.45) is 11.8 Å². The second-order valence-corrected chi connectivity index (χ2v) is 11.5. The molecule has 0 saturated carbocycles. The molecule has 4 aromatic rings. The summed E-state index contributed by atoms with van der Waals surface area (Å²) < 4.78 is 46.4. The summed E-state index contributed by atoms with van der Waals surface area (Å²) in [5, 5.41) is 11.4. The maximum absolute atomic E-state index is 13.7. The molecule has 3 aliphatic heterocycles. The summed E-state index contributed by atoms with van der Waals surface area (Å²) >= 11 is 0. The Morgan fingerprint density at radius 1 is 0.872 bits per heavy atom. The van der Waals surface area contributed by atoms with Crippen molar-refractivity contribution in [1.29, 1.82) is 0 Å². The number of ether oxygens (including phenoxy) is 8. The van der Waals surface area contributed by atoms with Gasteiger partial charge in [-0.25, -0.2) is 4.68 Å². The van der Waals surface area contributed by atoms with Crippen LogP contribution < -0.4 is 38.5 Å². The number of fused-ring (bicyclic) bond motifs is 4. The third-order valence-corrected chi connectivity index (χ3v) is 9.07. The average Bonchev–Trinajstić information content (AvgIpc) is 3.91. The van der Waals surface area contributed by atoms with Crippen molar-refractivity contribution < 1.29 is 47.5 Å². The number of benzene rings is 3. The topological polar surface area (TPSA) is 151 Å². The molecule has 0 radical (unpaired) electrons. The third-order valence-electron chi connectivity index (χ3n) is 9.07. The number of nitrogens with one attached hydrogen (secondary N) is 1. The number of amides is 1. The SMILES string of the molecule is COc1cc([C@@H]2c3cc4c(cc3[C@@H](NC(=O)c3cn(Cc5ccc6c(c5)OCO6)nn3)[C@H]3COC(=O)[C@H]23)OCO4)cc(OC)c1OC. The van der Waals surface area contributed by atoms with E-state index < -0.39 is 29.7 Å². The fourth-order valence-corrected chi connectivity index (χ4v) is 6.95. The standard InChI is InChI=1S/C33H30N4O10/c1-40-26-7-17(8-27(41-2)31(26)42-3)28-18-9-24-25(47-15-46-24)10-19(18)30(20-13-43-33(39)29(20)28)34-32(38)21-12-37(36-35-21)11-16-4-5-22-23(6-16)45-14-44-22/h4-10,12,20,28-30H,11,13-15H2,1-3H3,(H,34,38)/t20-,28+,29-,30+/m0/s1. The highest BCUT2D eigenvalue weighted by Gasteiger charge is 2.53. The zero-order chi connectivity index (χ0) is 32.2. The monoisotopic (exact) mass is 642 g/mol. The molecule has 1 N–H and O–H groups in total. The first-order chi connectivity index (χ1) is 22.9. The van der Waals surface area contributed by atoms with Crippen molar-refractivity contribution >= 4 is 11.9 Å². The molecule has 1 aliphatic carbocycles. The van der Waals surface area contributed by atoms with Gasteiger partial charge >= 0.3 is 5.97 Å². The predicted molar refractivity (Wildman–Crippen MR) is 160 cm³/mol. The van der Waals surface area contributed by atoms with Crippen molar-refractivity contribution in [2.45, 2.75) is 18.5 Å². The predicted octanol–water partition coefficient (Wildman–Crippen LogP) is 3.22. The lowest BCUT2D eigenvalue weighted by molar-refractivity contribution is -0.141. The fourth-order valence-electron chi connectivity index (χ4n) is 6.95. The van der Waals surface area contributed by atoms with Gasteiger partial charge in [-0.2, -0.15) is 0 Å². The average molecular weight is 643 g/mol. The van der Waals surface area contributed by atoms with Gasteiger partial charge in [0.1, 0.15) is 0 Å². The fraction of sp³-hybridized carbons (Fsp3) is 0.333. The van der Waals surface area contributed by atoms with Gasteiger partial charge in [0.15, 0.2) is 40.2 Å². The highest BCUT2D eigenvalue weighted by Crippen LogP contribution is 2.55. The molecular formula is C33H30N4O10. The minimum Gasteiger partial charge on any atom is -0.493 e. The van der Waals surface area contributed by atoms with E-state index in [1.54, 1.807) is 10.9 Å². The van der Waals surface area contributed by atoms with Crippen LogP contribution in [-0.2, 0) is 16.1 Å². The first kappa shape index (κ1) is 28.8. The molecule has 8 rings (SSSR count). The van der Waals surface area contributed by atoms with Crippen LogP contribution in [0, 0.1) is 11.8 Å². The smallest absolute Gasteiger partial charge is 0.310 e. The molecule has 3 aromatic carbocycles. The maximum atomic E-state index is 13.7. The van der Waals surface area contributed by atoms with Crippen molar-refractivity contribution in [3.05, 3.63) is 76.6 Å². The van der Waals surface area contributed by atoms with Crippen molar-refractivity contribution in [3.8, 4) is 40.2 Å². The lowest BCUT2D eigenvalue weighted by atomic mass is 9.65.